The molecule has 1 N–H and O–H groups in total. The molecule has 37 heavy (non-hydrogen) atoms. The molecule has 192 valence electrons. The van der Waals surface area contributed by atoms with Crippen LogP contribution in [0.1, 0.15) is 23.1 Å². The van der Waals surface area contributed by atoms with Gasteiger partial charge in [0.05, 0.1) is 28.8 Å². The molecule has 1 aromatic carbocycles. The molecule has 0 aliphatic heterocycles. The second kappa shape index (κ2) is 12.5. The summed E-state index contributed by atoms with van der Waals surface area (Å²) in [6.07, 6.45) is 1.48. The molecule has 15 heteroatoms. The van der Waals surface area contributed by atoms with E-state index < -0.39 is 11.9 Å². The lowest BCUT2D eigenvalue weighted by molar-refractivity contribution is -0.142. The molecule has 4 aromatic rings. The highest BCUT2D eigenvalue weighted by molar-refractivity contribution is 7.99. The summed E-state index contributed by atoms with van der Waals surface area (Å²) < 4.78 is 6.98. The van der Waals surface area contributed by atoms with Crippen LogP contribution >= 0.6 is 69.7 Å². The topological polar surface area (TPSA) is 112 Å². The molecule has 0 aliphatic carbocycles. The number of nitrogens with zero attached hydrogens (tertiary/aromatic N) is 5. The van der Waals surface area contributed by atoms with E-state index >= 15 is 0 Å². The zero-order valence-electron chi connectivity index (χ0n) is 19.2. The highest BCUT2D eigenvalue weighted by Gasteiger charge is 2.21. The van der Waals surface area contributed by atoms with Crippen LogP contribution in [0.5, 0.6) is 0 Å². The van der Waals surface area contributed by atoms with Gasteiger partial charge in [-0.1, -0.05) is 57.9 Å². The Morgan fingerprint density at radius 3 is 2.62 bits per heavy atom. The van der Waals surface area contributed by atoms with Crippen LogP contribution in [-0.2, 0) is 23.0 Å². The molecular weight excluding hydrogens is 599 g/mol. The first kappa shape index (κ1) is 27.7. The number of carbonyl (C=O) groups excluding carboxylic acids is 2. The zero-order chi connectivity index (χ0) is 26.5. The number of hydrogen-bond donors (Lipinski definition) is 1. The van der Waals surface area contributed by atoms with E-state index in [0.717, 1.165) is 16.2 Å². The van der Waals surface area contributed by atoms with Crippen LogP contribution in [0.15, 0.2) is 56.6 Å². The number of thiazole rings is 1. The van der Waals surface area contributed by atoms with Gasteiger partial charge in [0.25, 0.3) is 5.91 Å². The Bertz CT molecular complexity index is 1460. The molecular formula is C22H17Cl3N6O3S3. The molecule has 0 unspecified atom stereocenters. The van der Waals surface area contributed by atoms with Crippen molar-refractivity contribution in [3.63, 3.8) is 0 Å². The van der Waals surface area contributed by atoms with Crippen LogP contribution in [0.3, 0.4) is 0 Å². The summed E-state index contributed by atoms with van der Waals surface area (Å²) in [5, 5.41) is 12.9. The Labute approximate surface area is 239 Å². The van der Waals surface area contributed by atoms with Crippen molar-refractivity contribution in [2.24, 2.45) is 7.05 Å². The number of esters is 1. The molecule has 0 saturated carbocycles. The number of amides is 1. The SMILES string of the molecule is CCOC(=O)Cc1nc(NC(=O)c2nc(Sc3nncn3C)ccc2Sc2ccc(Cl)c(Cl)c2)sc1Cl. The van der Waals surface area contributed by atoms with Gasteiger partial charge in [-0.25, -0.2) is 9.97 Å². The minimum absolute atomic E-state index is 0.0977. The highest BCUT2D eigenvalue weighted by Crippen LogP contribution is 2.36. The Kier molecular flexibility index (Phi) is 9.32. The normalized spacial score (nSPS) is 10.9. The molecule has 4 rings (SSSR count). The maximum absolute atomic E-state index is 13.4. The molecule has 0 bridgehead atoms. The van der Waals surface area contributed by atoms with Crippen molar-refractivity contribution >= 4 is 86.7 Å². The van der Waals surface area contributed by atoms with Gasteiger partial charge in [-0.3, -0.25) is 14.9 Å². The number of pyridine rings is 1. The lowest BCUT2D eigenvalue weighted by Crippen LogP contribution is -2.15. The van der Waals surface area contributed by atoms with E-state index in [2.05, 4.69) is 25.5 Å². The average Bonchev–Trinajstić information content (AvgIpc) is 3.41. The fraction of sp³-hybridized carbons (Fsp3) is 0.182. The quantitative estimate of drug-likeness (QED) is 0.217. The number of carbonyl (C=O) groups is 2. The number of hydrogen-bond acceptors (Lipinski definition) is 10. The van der Waals surface area contributed by atoms with Crippen molar-refractivity contribution in [3.05, 3.63) is 62.4 Å². The number of aromatic nitrogens is 5. The first-order chi connectivity index (χ1) is 17.7. The van der Waals surface area contributed by atoms with Crippen LogP contribution < -0.4 is 5.32 Å². The number of nitrogens with one attached hydrogen (secondary N) is 1. The zero-order valence-corrected chi connectivity index (χ0v) is 23.9. The first-order valence-corrected chi connectivity index (χ1v) is 14.1. The molecule has 3 aromatic heterocycles. The summed E-state index contributed by atoms with van der Waals surface area (Å²) >= 11 is 22.1. The van der Waals surface area contributed by atoms with E-state index in [4.69, 9.17) is 39.5 Å². The van der Waals surface area contributed by atoms with E-state index in [1.165, 1.54) is 23.5 Å². The predicted molar refractivity (Wildman–Crippen MR) is 145 cm³/mol. The minimum Gasteiger partial charge on any atom is -0.466 e. The summed E-state index contributed by atoms with van der Waals surface area (Å²) in [6.45, 7) is 1.96. The maximum atomic E-state index is 13.4. The molecule has 3 heterocycles. The average molecular weight is 616 g/mol. The standard InChI is InChI=1S/C22H17Cl3N6O3S3/c1-3-34-17(32)9-14-19(25)37-21(27-14)29-20(33)18-15(35-11-4-5-12(23)13(24)8-11)6-7-16(28-18)36-22-30-26-10-31(22)2/h4-8,10H,3,9H2,1-2H3,(H,27,29,33). The molecule has 9 nitrogen and oxygen atoms in total. The van der Waals surface area contributed by atoms with Crippen LogP contribution in [0.4, 0.5) is 5.13 Å². The number of rotatable bonds is 9. The fourth-order valence-corrected chi connectivity index (χ4v) is 5.93. The molecule has 1 amide bonds. The highest BCUT2D eigenvalue weighted by atomic mass is 35.5. The third-order valence-electron chi connectivity index (χ3n) is 4.52. The summed E-state index contributed by atoms with van der Waals surface area (Å²) in [6, 6.07) is 8.76. The van der Waals surface area contributed by atoms with Crippen LogP contribution in [0.25, 0.3) is 0 Å². The van der Waals surface area contributed by atoms with Gasteiger partial charge in [0, 0.05) is 16.8 Å². The maximum Gasteiger partial charge on any atom is 0.311 e. The van der Waals surface area contributed by atoms with Crippen molar-refractivity contribution in [2.75, 3.05) is 11.9 Å². The molecule has 0 fully saturated rings. The summed E-state index contributed by atoms with van der Waals surface area (Å²) in [4.78, 5) is 35.4. The van der Waals surface area contributed by atoms with Gasteiger partial charge in [0.15, 0.2) is 10.3 Å². The summed E-state index contributed by atoms with van der Waals surface area (Å²) in [5.41, 5.74) is 0.479. The van der Waals surface area contributed by atoms with E-state index in [9.17, 15) is 9.59 Å². The van der Waals surface area contributed by atoms with Gasteiger partial charge in [0.2, 0.25) is 0 Å². The number of ether oxygens (including phenoxy) is 1. The van der Waals surface area contributed by atoms with E-state index in [1.807, 2.05) is 7.05 Å². The lowest BCUT2D eigenvalue weighted by atomic mass is 10.3. The summed E-state index contributed by atoms with van der Waals surface area (Å²) in [7, 11) is 1.81. The van der Waals surface area contributed by atoms with Crippen molar-refractivity contribution < 1.29 is 14.3 Å². The molecule has 0 aliphatic rings. The van der Waals surface area contributed by atoms with Gasteiger partial charge < -0.3 is 9.30 Å². The number of benzene rings is 1. The van der Waals surface area contributed by atoms with Crippen molar-refractivity contribution in [3.8, 4) is 0 Å². The lowest BCUT2D eigenvalue weighted by Gasteiger charge is -2.10. The molecule has 0 atom stereocenters. The van der Waals surface area contributed by atoms with Crippen molar-refractivity contribution in [1.29, 1.82) is 0 Å². The first-order valence-electron chi connectivity index (χ1n) is 10.5. The second-order valence-electron chi connectivity index (χ2n) is 7.18. The van der Waals surface area contributed by atoms with Gasteiger partial charge in [0.1, 0.15) is 21.4 Å². The summed E-state index contributed by atoms with van der Waals surface area (Å²) in [5.74, 6) is -0.959. The fourth-order valence-electron chi connectivity index (χ4n) is 2.86. The Morgan fingerprint density at radius 2 is 1.92 bits per heavy atom. The Morgan fingerprint density at radius 1 is 1.11 bits per heavy atom. The number of aryl methyl sites for hydroxylation is 1. The minimum atomic E-state index is -0.504. The smallest absolute Gasteiger partial charge is 0.311 e. The van der Waals surface area contributed by atoms with Gasteiger partial charge >= 0.3 is 5.97 Å². The molecule has 0 radical (unpaired) electrons. The Balaban J connectivity index is 1.62. The van der Waals surface area contributed by atoms with E-state index in [0.29, 0.717) is 30.8 Å². The van der Waals surface area contributed by atoms with E-state index in [1.54, 1.807) is 48.1 Å². The van der Waals surface area contributed by atoms with Crippen molar-refractivity contribution in [1.82, 2.24) is 24.7 Å². The predicted octanol–water partition coefficient (Wildman–Crippen LogP) is 6.29. The third kappa shape index (κ3) is 7.15. The monoisotopic (exact) mass is 614 g/mol. The van der Waals surface area contributed by atoms with E-state index in [-0.39, 0.29) is 28.2 Å². The number of anilines is 1. The largest absolute Gasteiger partial charge is 0.466 e. The van der Waals surface area contributed by atoms with Gasteiger partial charge in [-0.2, -0.15) is 0 Å². The van der Waals surface area contributed by atoms with Crippen molar-refractivity contribution in [2.45, 2.75) is 33.3 Å². The Hall–Kier alpha value is -2.35. The molecule has 0 saturated heterocycles. The van der Waals surface area contributed by atoms with Crippen LogP contribution in [-0.4, -0.2) is 43.2 Å². The van der Waals surface area contributed by atoms with Crippen LogP contribution in [0, 0.1) is 0 Å². The second-order valence-corrected chi connectivity index (χ2v) is 11.7. The number of halogens is 3. The van der Waals surface area contributed by atoms with Crippen LogP contribution in [0.2, 0.25) is 14.4 Å². The third-order valence-corrected chi connectivity index (χ3v) is 8.54. The van der Waals surface area contributed by atoms with Gasteiger partial charge in [-0.05, 0) is 49.0 Å². The molecule has 0 spiro atoms. The van der Waals surface area contributed by atoms with Gasteiger partial charge in [-0.15, -0.1) is 10.2 Å².